The molecule has 0 saturated carbocycles. The molecule has 0 bridgehead atoms. The van der Waals surface area contributed by atoms with Gasteiger partial charge in [-0.2, -0.15) is 12.6 Å². The number of nitrogens with one attached hydrogen (secondary N) is 2. The minimum Gasteiger partial charge on any atom is -0.388 e. The first-order chi connectivity index (χ1) is 6.22. The lowest BCUT2D eigenvalue weighted by molar-refractivity contribution is -0.116. The van der Waals surface area contributed by atoms with Crippen LogP contribution in [0.3, 0.4) is 0 Å². The summed E-state index contributed by atoms with van der Waals surface area (Å²) in [7, 11) is 1.81. The van der Waals surface area contributed by atoms with Crippen molar-refractivity contribution in [1.82, 2.24) is 10.6 Å². The van der Waals surface area contributed by atoms with Crippen LogP contribution in [0.15, 0.2) is 11.4 Å². The zero-order valence-electron chi connectivity index (χ0n) is 8.05. The minimum absolute atomic E-state index is 0.101. The number of allylic oxidation sites excluding steroid dienone is 1. The third kappa shape index (κ3) is 1.99. The standard InChI is InChI=1S/C9H16N2OS/c1-3-4-5-11-6-7(10-2)9(13)8(6)12/h9-11,13H,3-5H2,1-2H3. The molecule has 74 valence electrons. The van der Waals surface area contributed by atoms with Crippen molar-refractivity contribution in [1.29, 1.82) is 0 Å². The fraction of sp³-hybridized carbons (Fsp3) is 0.667. The van der Waals surface area contributed by atoms with Gasteiger partial charge in [0.25, 0.3) is 0 Å². The van der Waals surface area contributed by atoms with E-state index < -0.39 is 0 Å². The van der Waals surface area contributed by atoms with Crippen LogP contribution in [0, 0.1) is 0 Å². The third-order valence-corrected chi connectivity index (χ3v) is 2.63. The molecule has 0 fully saturated rings. The Hall–Kier alpha value is -0.640. The molecule has 0 aromatic carbocycles. The van der Waals surface area contributed by atoms with Crippen LogP contribution >= 0.6 is 12.6 Å². The summed E-state index contributed by atoms with van der Waals surface area (Å²) in [4.78, 5) is 11.3. The molecule has 1 unspecified atom stereocenters. The predicted molar refractivity (Wildman–Crippen MR) is 56.8 cm³/mol. The number of rotatable bonds is 5. The molecule has 1 aliphatic carbocycles. The molecular weight excluding hydrogens is 184 g/mol. The van der Waals surface area contributed by atoms with Gasteiger partial charge in [0.15, 0.2) is 5.78 Å². The van der Waals surface area contributed by atoms with Crippen molar-refractivity contribution in [2.75, 3.05) is 13.6 Å². The van der Waals surface area contributed by atoms with Crippen molar-refractivity contribution in [3.63, 3.8) is 0 Å². The Morgan fingerprint density at radius 3 is 2.77 bits per heavy atom. The van der Waals surface area contributed by atoms with E-state index in [1.54, 1.807) is 0 Å². The quantitative estimate of drug-likeness (QED) is 0.452. The number of Topliss-reactive ketones (excluding diaryl/α,β-unsaturated/α-hetero) is 1. The highest BCUT2D eigenvalue weighted by atomic mass is 32.1. The van der Waals surface area contributed by atoms with Crippen LogP contribution in [0.2, 0.25) is 0 Å². The van der Waals surface area contributed by atoms with Gasteiger partial charge in [0.1, 0.15) is 10.9 Å². The Balaban J connectivity index is 2.48. The number of hydrogen-bond acceptors (Lipinski definition) is 4. The van der Waals surface area contributed by atoms with Gasteiger partial charge >= 0.3 is 0 Å². The molecule has 0 radical (unpaired) electrons. The predicted octanol–water partition coefficient (Wildman–Crippen LogP) is 0.688. The smallest absolute Gasteiger partial charge is 0.199 e. The Kier molecular flexibility index (Phi) is 3.66. The van der Waals surface area contributed by atoms with Crippen LogP contribution in [-0.4, -0.2) is 24.6 Å². The first-order valence-corrected chi connectivity index (χ1v) is 5.12. The minimum atomic E-state index is -0.242. The van der Waals surface area contributed by atoms with E-state index in [1.807, 2.05) is 7.05 Å². The molecule has 3 nitrogen and oxygen atoms in total. The topological polar surface area (TPSA) is 41.1 Å². The van der Waals surface area contributed by atoms with Crippen molar-refractivity contribution in [2.24, 2.45) is 0 Å². The second-order valence-electron chi connectivity index (χ2n) is 3.09. The molecule has 0 aromatic rings. The normalized spacial score (nSPS) is 21.5. The van der Waals surface area contributed by atoms with Gasteiger partial charge in [-0.3, -0.25) is 4.79 Å². The summed E-state index contributed by atoms with van der Waals surface area (Å²) in [6, 6.07) is 0. The number of unbranched alkanes of at least 4 members (excludes halogenated alkanes) is 1. The van der Waals surface area contributed by atoms with Crippen molar-refractivity contribution in [3.8, 4) is 0 Å². The summed E-state index contributed by atoms with van der Waals surface area (Å²) < 4.78 is 0. The average molecular weight is 200 g/mol. The van der Waals surface area contributed by atoms with Crippen molar-refractivity contribution < 1.29 is 4.79 Å². The maximum absolute atomic E-state index is 11.3. The molecular formula is C9H16N2OS. The van der Waals surface area contributed by atoms with Gasteiger partial charge in [-0.05, 0) is 6.42 Å². The molecule has 0 aliphatic heterocycles. The van der Waals surface area contributed by atoms with Crippen molar-refractivity contribution in [3.05, 3.63) is 11.4 Å². The average Bonchev–Trinajstić information content (AvgIpc) is 2.16. The van der Waals surface area contributed by atoms with Crippen LogP contribution < -0.4 is 10.6 Å². The zero-order chi connectivity index (χ0) is 9.84. The Bertz CT molecular complexity index is 238. The van der Waals surface area contributed by atoms with E-state index in [4.69, 9.17) is 0 Å². The van der Waals surface area contributed by atoms with Crippen LogP contribution in [-0.2, 0) is 4.79 Å². The van der Waals surface area contributed by atoms with Gasteiger partial charge in [0, 0.05) is 13.6 Å². The molecule has 1 aliphatic rings. The summed E-state index contributed by atoms with van der Waals surface area (Å²) in [5.41, 5.74) is 1.64. The van der Waals surface area contributed by atoms with Gasteiger partial charge in [0.05, 0.1) is 5.70 Å². The number of carbonyl (C=O) groups is 1. The van der Waals surface area contributed by atoms with E-state index in [9.17, 15) is 4.79 Å². The highest BCUT2D eigenvalue weighted by molar-refractivity contribution is 7.82. The first-order valence-electron chi connectivity index (χ1n) is 4.60. The Morgan fingerprint density at radius 2 is 2.23 bits per heavy atom. The lowest BCUT2D eigenvalue weighted by atomic mass is 9.98. The van der Waals surface area contributed by atoms with E-state index >= 15 is 0 Å². The Morgan fingerprint density at radius 1 is 1.54 bits per heavy atom. The summed E-state index contributed by atoms with van der Waals surface area (Å²) in [6.45, 7) is 2.99. The number of hydrogen-bond donors (Lipinski definition) is 3. The van der Waals surface area contributed by atoms with Gasteiger partial charge in [0.2, 0.25) is 0 Å². The molecule has 2 N–H and O–H groups in total. The molecule has 4 heteroatoms. The van der Waals surface area contributed by atoms with Crippen LogP contribution in [0.5, 0.6) is 0 Å². The van der Waals surface area contributed by atoms with E-state index in [0.717, 1.165) is 30.8 Å². The summed E-state index contributed by atoms with van der Waals surface area (Å²) in [5, 5.41) is 5.86. The van der Waals surface area contributed by atoms with Crippen LogP contribution in [0.25, 0.3) is 0 Å². The zero-order valence-corrected chi connectivity index (χ0v) is 8.95. The van der Waals surface area contributed by atoms with Gasteiger partial charge < -0.3 is 10.6 Å². The van der Waals surface area contributed by atoms with Gasteiger partial charge in [-0.1, -0.05) is 13.3 Å². The van der Waals surface area contributed by atoms with E-state index in [0.29, 0.717) is 0 Å². The first kappa shape index (κ1) is 10.4. The number of ketones is 1. The molecule has 1 atom stereocenters. The van der Waals surface area contributed by atoms with E-state index in [2.05, 4.69) is 30.2 Å². The van der Waals surface area contributed by atoms with Crippen molar-refractivity contribution >= 4 is 18.4 Å². The Labute approximate surface area is 84.4 Å². The molecule has 13 heavy (non-hydrogen) atoms. The van der Waals surface area contributed by atoms with Gasteiger partial charge in [-0.25, -0.2) is 0 Å². The van der Waals surface area contributed by atoms with Crippen LogP contribution in [0.1, 0.15) is 19.8 Å². The SMILES string of the molecule is CCCCNC1=C(NC)C(S)C1=O. The monoisotopic (exact) mass is 200 g/mol. The summed E-state index contributed by atoms with van der Waals surface area (Å²) in [6.07, 6.45) is 2.22. The largest absolute Gasteiger partial charge is 0.388 e. The molecule has 0 aromatic heterocycles. The maximum atomic E-state index is 11.3. The molecule has 1 rings (SSSR count). The highest BCUT2D eigenvalue weighted by Gasteiger charge is 2.35. The second-order valence-corrected chi connectivity index (χ2v) is 3.60. The molecule has 0 heterocycles. The fourth-order valence-corrected chi connectivity index (χ4v) is 1.68. The van der Waals surface area contributed by atoms with Crippen LogP contribution in [0.4, 0.5) is 0 Å². The third-order valence-electron chi connectivity index (χ3n) is 2.14. The maximum Gasteiger partial charge on any atom is 0.199 e. The molecule has 0 saturated heterocycles. The van der Waals surface area contributed by atoms with E-state index in [1.165, 1.54) is 0 Å². The molecule has 0 amide bonds. The highest BCUT2D eigenvalue weighted by Crippen LogP contribution is 2.24. The lowest BCUT2D eigenvalue weighted by Crippen LogP contribution is -2.44. The summed E-state index contributed by atoms with van der Waals surface area (Å²) in [5.74, 6) is 0.101. The van der Waals surface area contributed by atoms with Gasteiger partial charge in [-0.15, -0.1) is 0 Å². The summed E-state index contributed by atoms with van der Waals surface area (Å²) >= 11 is 4.15. The van der Waals surface area contributed by atoms with E-state index in [-0.39, 0.29) is 11.0 Å². The number of carbonyl (C=O) groups excluding carboxylic acids is 1. The number of thiol groups is 1. The fourth-order valence-electron chi connectivity index (χ4n) is 1.29. The molecule has 0 spiro atoms. The van der Waals surface area contributed by atoms with Crippen molar-refractivity contribution in [2.45, 2.75) is 25.0 Å². The second kappa shape index (κ2) is 4.56. The lowest BCUT2D eigenvalue weighted by Gasteiger charge is -2.28.